The van der Waals surface area contributed by atoms with Crippen LogP contribution in [0.5, 0.6) is 11.5 Å². The molecular weight excluding hydrogens is 204 g/mol. The van der Waals surface area contributed by atoms with Gasteiger partial charge >= 0.3 is 12.1 Å². The molecule has 0 atom stereocenters. The van der Waals surface area contributed by atoms with Gasteiger partial charge in [0.15, 0.2) is 11.5 Å². The number of esters is 1. The summed E-state index contributed by atoms with van der Waals surface area (Å²) in [6, 6.07) is 3.61. The summed E-state index contributed by atoms with van der Waals surface area (Å²) < 4.78 is 8.65. The van der Waals surface area contributed by atoms with E-state index in [0.29, 0.717) is 0 Å². The van der Waals surface area contributed by atoms with Gasteiger partial charge in [-0.15, -0.1) is 0 Å². The fourth-order valence-corrected chi connectivity index (χ4v) is 0.943. The Morgan fingerprint density at radius 1 is 1.33 bits per heavy atom. The van der Waals surface area contributed by atoms with Crippen molar-refractivity contribution in [2.24, 2.45) is 0 Å². The van der Waals surface area contributed by atoms with Crippen LogP contribution in [0.15, 0.2) is 18.2 Å². The van der Waals surface area contributed by atoms with Gasteiger partial charge in [-0.2, -0.15) is 0 Å². The summed E-state index contributed by atoms with van der Waals surface area (Å²) in [5.41, 5.74) is -0.0212. The first-order valence-corrected chi connectivity index (χ1v) is 3.86. The highest BCUT2D eigenvalue weighted by molar-refractivity contribution is 5.95. The van der Waals surface area contributed by atoms with Gasteiger partial charge in [0, 0.05) is 0 Å². The molecule has 0 amide bonds. The maximum Gasteiger partial charge on any atom is 0.513 e. The minimum absolute atomic E-state index is 0.0212. The van der Waals surface area contributed by atoms with Crippen molar-refractivity contribution < 1.29 is 29.3 Å². The largest absolute Gasteiger partial charge is 0.513 e. The van der Waals surface area contributed by atoms with Gasteiger partial charge in [0.2, 0.25) is 0 Å². The number of hydrogen-bond acceptors (Lipinski definition) is 5. The zero-order valence-electron chi connectivity index (χ0n) is 7.76. The Morgan fingerprint density at radius 3 is 2.53 bits per heavy atom. The molecule has 2 N–H and O–H groups in total. The van der Waals surface area contributed by atoms with Gasteiger partial charge in [-0.3, -0.25) is 0 Å². The fourth-order valence-electron chi connectivity index (χ4n) is 0.943. The maximum absolute atomic E-state index is 11.1. The lowest BCUT2D eigenvalue weighted by Crippen LogP contribution is -2.10. The molecule has 0 spiro atoms. The van der Waals surface area contributed by atoms with E-state index in [0.717, 1.165) is 0 Å². The molecule has 6 nitrogen and oxygen atoms in total. The van der Waals surface area contributed by atoms with Gasteiger partial charge in [0.05, 0.1) is 12.7 Å². The van der Waals surface area contributed by atoms with Crippen LogP contribution in [0.1, 0.15) is 10.4 Å². The van der Waals surface area contributed by atoms with Crippen molar-refractivity contribution in [1.29, 1.82) is 0 Å². The molecule has 0 aliphatic rings. The second-order valence-electron chi connectivity index (χ2n) is 2.54. The Bertz CT molecular complexity index is 398. The average molecular weight is 212 g/mol. The van der Waals surface area contributed by atoms with Gasteiger partial charge in [-0.05, 0) is 18.2 Å². The molecule has 0 bridgehead atoms. The summed E-state index contributed by atoms with van der Waals surface area (Å²) in [5.74, 6) is -1.11. The van der Waals surface area contributed by atoms with Crippen molar-refractivity contribution in [2.45, 2.75) is 0 Å². The lowest BCUT2D eigenvalue weighted by Gasteiger charge is -2.04. The number of carboxylic acid groups (broad SMARTS) is 1. The van der Waals surface area contributed by atoms with Gasteiger partial charge in [0.1, 0.15) is 0 Å². The van der Waals surface area contributed by atoms with Crippen LogP contribution in [0, 0.1) is 0 Å². The summed E-state index contributed by atoms with van der Waals surface area (Å²) in [7, 11) is 1.31. The van der Waals surface area contributed by atoms with E-state index >= 15 is 0 Å². The van der Waals surface area contributed by atoms with Crippen molar-refractivity contribution >= 4 is 12.1 Å². The van der Waals surface area contributed by atoms with Crippen LogP contribution >= 0.6 is 0 Å². The second-order valence-corrected chi connectivity index (χ2v) is 2.54. The number of phenolic OH excluding ortho intramolecular Hbond substituents is 1. The Kier molecular flexibility index (Phi) is 3.12. The monoisotopic (exact) mass is 212 g/mol. The van der Waals surface area contributed by atoms with Crippen molar-refractivity contribution in [3.63, 3.8) is 0 Å². The zero-order chi connectivity index (χ0) is 11.4. The van der Waals surface area contributed by atoms with Crippen LogP contribution in [0.25, 0.3) is 0 Å². The number of aromatic hydroxyl groups is 1. The highest BCUT2D eigenvalue weighted by atomic mass is 16.7. The van der Waals surface area contributed by atoms with Crippen LogP contribution in [-0.2, 0) is 4.74 Å². The molecule has 6 heteroatoms. The first kappa shape index (κ1) is 10.8. The molecule has 0 unspecified atom stereocenters. The van der Waals surface area contributed by atoms with E-state index in [1.165, 1.54) is 25.3 Å². The van der Waals surface area contributed by atoms with Crippen LogP contribution in [0.2, 0.25) is 0 Å². The minimum atomic E-state index is -1.69. The number of methoxy groups -OCH3 is 1. The van der Waals surface area contributed by atoms with E-state index in [-0.39, 0.29) is 17.1 Å². The van der Waals surface area contributed by atoms with E-state index in [4.69, 9.17) is 9.84 Å². The van der Waals surface area contributed by atoms with E-state index < -0.39 is 12.1 Å². The molecule has 1 rings (SSSR count). The lowest BCUT2D eigenvalue weighted by molar-refractivity contribution is 0.0509. The minimum Gasteiger partial charge on any atom is -0.504 e. The molecule has 0 aliphatic carbocycles. The highest BCUT2D eigenvalue weighted by Gasteiger charge is 2.13. The van der Waals surface area contributed by atoms with Gasteiger partial charge in [-0.25, -0.2) is 9.59 Å². The quantitative estimate of drug-likeness (QED) is 0.565. The number of carbonyl (C=O) groups is 2. The Morgan fingerprint density at radius 2 is 2.00 bits per heavy atom. The molecule has 0 radical (unpaired) electrons. The van der Waals surface area contributed by atoms with Crippen LogP contribution in [0.3, 0.4) is 0 Å². The van der Waals surface area contributed by atoms with Crippen LogP contribution in [0.4, 0.5) is 4.79 Å². The van der Waals surface area contributed by atoms with E-state index in [2.05, 4.69) is 4.74 Å². The summed E-state index contributed by atoms with van der Waals surface area (Å²) in [5, 5.41) is 17.4. The van der Waals surface area contributed by atoms with Crippen molar-refractivity contribution in [3.8, 4) is 11.5 Å². The van der Waals surface area contributed by atoms with Crippen molar-refractivity contribution in [2.75, 3.05) is 7.11 Å². The molecule has 0 saturated carbocycles. The Hall–Kier alpha value is -2.24. The first-order chi connectivity index (χ1) is 7.04. The van der Waals surface area contributed by atoms with E-state index in [1.54, 1.807) is 0 Å². The molecule has 0 aromatic heterocycles. The SMILES string of the molecule is COc1cc(C(=O)OC(=O)O)ccc1O. The predicted molar refractivity (Wildman–Crippen MR) is 48.1 cm³/mol. The topological polar surface area (TPSA) is 93.1 Å². The molecule has 0 heterocycles. The van der Waals surface area contributed by atoms with Crippen molar-refractivity contribution in [3.05, 3.63) is 23.8 Å². The highest BCUT2D eigenvalue weighted by Crippen LogP contribution is 2.26. The number of phenols is 1. The Balaban J connectivity index is 2.95. The second kappa shape index (κ2) is 4.32. The summed E-state index contributed by atoms with van der Waals surface area (Å²) in [4.78, 5) is 21.2. The zero-order valence-corrected chi connectivity index (χ0v) is 7.76. The molecule has 1 aromatic rings. The standard InChI is InChI=1S/C9H8O6/c1-14-7-4-5(2-3-6(7)10)8(11)15-9(12)13/h2-4,10H,1H3,(H,12,13). The maximum atomic E-state index is 11.1. The third-order valence-electron chi connectivity index (χ3n) is 1.60. The van der Waals surface area contributed by atoms with E-state index in [9.17, 15) is 14.7 Å². The average Bonchev–Trinajstić information content (AvgIpc) is 2.17. The van der Waals surface area contributed by atoms with Gasteiger partial charge in [-0.1, -0.05) is 0 Å². The number of carbonyl (C=O) groups excluding carboxylic acids is 1. The number of benzene rings is 1. The third kappa shape index (κ3) is 2.60. The molecular formula is C9H8O6. The molecule has 0 saturated heterocycles. The summed E-state index contributed by atoms with van der Waals surface area (Å²) in [6.07, 6.45) is -1.69. The Labute approximate surface area is 84.7 Å². The lowest BCUT2D eigenvalue weighted by atomic mass is 10.2. The number of hydrogen-bond donors (Lipinski definition) is 2. The summed E-state index contributed by atoms with van der Waals surface area (Å²) in [6.45, 7) is 0. The summed E-state index contributed by atoms with van der Waals surface area (Å²) >= 11 is 0. The van der Waals surface area contributed by atoms with Crippen molar-refractivity contribution in [1.82, 2.24) is 0 Å². The molecule has 0 fully saturated rings. The van der Waals surface area contributed by atoms with E-state index in [1.807, 2.05) is 0 Å². The smallest absolute Gasteiger partial charge is 0.504 e. The molecule has 15 heavy (non-hydrogen) atoms. The van der Waals surface area contributed by atoms with Gasteiger partial charge in [0.25, 0.3) is 0 Å². The normalized spacial score (nSPS) is 9.40. The molecule has 1 aromatic carbocycles. The first-order valence-electron chi connectivity index (χ1n) is 3.86. The third-order valence-corrected chi connectivity index (χ3v) is 1.60. The van der Waals surface area contributed by atoms with Crippen LogP contribution < -0.4 is 4.74 Å². The van der Waals surface area contributed by atoms with Gasteiger partial charge < -0.3 is 19.7 Å². The fraction of sp³-hybridized carbons (Fsp3) is 0.111. The molecule has 80 valence electrons. The number of ether oxygens (including phenoxy) is 2. The van der Waals surface area contributed by atoms with Crippen LogP contribution in [-0.4, -0.2) is 29.4 Å². The number of rotatable bonds is 2. The molecule has 0 aliphatic heterocycles. The predicted octanol–water partition coefficient (Wildman–Crippen LogP) is 1.24.